The molecule has 3 heterocycles. The van der Waals surface area contributed by atoms with Crippen LogP contribution in [0.25, 0.3) is 16.7 Å². The number of piperazine rings is 1. The minimum Gasteiger partial charge on any atom is -0.353 e. The lowest BCUT2D eigenvalue weighted by molar-refractivity contribution is 0.373. The lowest BCUT2D eigenvalue weighted by Gasteiger charge is -2.28. The molecule has 0 aliphatic carbocycles. The zero-order chi connectivity index (χ0) is 27.9. The SMILES string of the molecule is Cc1cc(N2CCNCC2)nnc1-n1ccc2cc(N(CP(=O)(O)O)S(=O)(=O)c3cc(Cl)cc(Cl)c3)ccc21. The fourth-order valence-corrected chi connectivity index (χ4v) is 7.90. The molecule has 0 saturated carbocycles. The number of fused-ring (bicyclic) bond motifs is 1. The molecule has 1 aliphatic heterocycles. The number of nitrogens with zero attached hydrogens (tertiary/aromatic N) is 5. The molecule has 0 radical (unpaired) electrons. The van der Waals surface area contributed by atoms with Crippen LogP contribution in [0.4, 0.5) is 11.5 Å². The molecule has 3 N–H and O–H groups in total. The van der Waals surface area contributed by atoms with Crippen molar-refractivity contribution in [2.45, 2.75) is 11.8 Å². The first-order valence-electron chi connectivity index (χ1n) is 11.9. The Bertz CT molecular complexity index is 1680. The Morgan fingerprint density at radius 1 is 1.03 bits per heavy atom. The number of nitrogens with one attached hydrogen (secondary N) is 1. The number of sulfonamides is 1. The Morgan fingerprint density at radius 2 is 1.72 bits per heavy atom. The van der Waals surface area contributed by atoms with E-state index in [1.165, 1.54) is 24.3 Å². The molecule has 0 atom stereocenters. The summed E-state index contributed by atoms with van der Waals surface area (Å²) in [7, 11) is -9.24. The zero-order valence-corrected chi connectivity index (χ0v) is 23.9. The Kier molecular flexibility index (Phi) is 7.64. The Balaban J connectivity index is 1.54. The number of hydrogen-bond donors (Lipinski definition) is 3. The highest BCUT2D eigenvalue weighted by molar-refractivity contribution is 7.93. The highest BCUT2D eigenvalue weighted by Crippen LogP contribution is 2.40. The first-order chi connectivity index (χ1) is 18.4. The third kappa shape index (κ3) is 5.92. The summed E-state index contributed by atoms with van der Waals surface area (Å²) in [5.74, 6) is 1.42. The lowest BCUT2D eigenvalue weighted by Crippen LogP contribution is -2.44. The van der Waals surface area contributed by atoms with Gasteiger partial charge in [0.1, 0.15) is 6.29 Å². The van der Waals surface area contributed by atoms with E-state index in [1.807, 2.05) is 17.6 Å². The molecule has 0 amide bonds. The number of anilines is 2. The topological polar surface area (TPSA) is 141 Å². The minimum atomic E-state index is -4.80. The Labute approximate surface area is 235 Å². The molecule has 2 aromatic carbocycles. The van der Waals surface area contributed by atoms with Crippen molar-refractivity contribution in [1.82, 2.24) is 20.1 Å². The molecule has 1 aliphatic rings. The number of aromatic nitrogens is 3. The molecule has 2 aromatic heterocycles. The summed E-state index contributed by atoms with van der Waals surface area (Å²) < 4.78 is 41.5. The number of benzene rings is 2. The average Bonchev–Trinajstić information content (AvgIpc) is 3.29. The van der Waals surface area contributed by atoms with Gasteiger partial charge in [-0.05, 0) is 61.0 Å². The molecule has 4 aromatic rings. The molecule has 0 spiro atoms. The van der Waals surface area contributed by atoms with Crippen LogP contribution in [-0.2, 0) is 14.6 Å². The highest BCUT2D eigenvalue weighted by atomic mass is 35.5. The number of rotatable bonds is 7. The van der Waals surface area contributed by atoms with Crippen molar-refractivity contribution in [3.8, 4) is 5.82 Å². The van der Waals surface area contributed by atoms with Gasteiger partial charge < -0.3 is 20.0 Å². The molecule has 0 unspecified atom stereocenters. The van der Waals surface area contributed by atoms with Gasteiger partial charge in [-0.2, -0.15) is 0 Å². The van der Waals surface area contributed by atoms with E-state index in [1.54, 1.807) is 24.4 Å². The normalized spacial score (nSPS) is 14.6. The molecule has 15 heteroatoms. The second-order valence-electron chi connectivity index (χ2n) is 9.14. The van der Waals surface area contributed by atoms with Crippen LogP contribution in [0.1, 0.15) is 5.56 Å². The van der Waals surface area contributed by atoms with Gasteiger partial charge in [0.25, 0.3) is 10.0 Å². The van der Waals surface area contributed by atoms with Gasteiger partial charge >= 0.3 is 7.60 Å². The van der Waals surface area contributed by atoms with Crippen LogP contribution in [0.3, 0.4) is 0 Å². The third-order valence-electron chi connectivity index (χ3n) is 6.31. The van der Waals surface area contributed by atoms with Gasteiger partial charge in [0.05, 0.1) is 16.1 Å². The zero-order valence-electron chi connectivity index (χ0n) is 20.7. The highest BCUT2D eigenvalue weighted by Gasteiger charge is 2.32. The maximum Gasteiger partial charge on any atom is 0.345 e. The molecule has 206 valence electrons. The lowest BCUT2D eigenvalue weighted by atomic mass is 10.2. The molecule has 5 rings (SSSR count). The second kappa shape index (κ2) is 10.7. The van der Waals surface area contributed by atoms with Crippen LogP contribution in [-0.4, -0.2) is 65.4 Å². The van der Waals surface area contributed by atoms with Gasteiger partial charge in [-0.3, -0.25) is 13.4 Å². The quantitative estimate of drug-likeness (QED) is 0.267. The van der Waals surface area contributed by atoms with Crippen molar-refractivity contribution in [2.75, 3.05) is 41.7 Å². The first kappa shape index (κ1) is 27.9. The van der Waals surface area contributed by atoms with Gasteiger partial charge in [-0.25, -0.2) is 8.42 Å². The van der Waals surface area contributed by atoms with E-state index in [0.717, 1.165) is 37.6 Å². The van der Waals surface area contributed by atoms with E-state index in [0.29, 0.717) is 21.0 Å². The predicted octanol–water partition coefficient (Wildman–Crippen LogP) is 3.78. The molecule has 39 heavy (non-hydrogen) atoms. The third-order valence-corrected chi connectivity index (χ3v) is 9.34. The number of halogens is 2. The summed E-state index contributed by atoms with van der Waals surface area (Å²) in [5, 5.41) is 13.0. The Morgan fingerprint density at radius 3 is 2.36 bits per heavy atom. The van der Waals surface area contributed by atoms with Crippen LogP contribution in [0.2, 0.25) is 10.0 Å². The van der Waals surface area contributed by atoms with E-state index in [9.17, 15) is 22.8 Å². The average molecular weight is 611 g/mol. The summed E-state index contributed by atoms with van der Waals surface area (Å²) in [5.41, 5.74) is 1.69. The summed E-state index contributed by atoms with van der Waals surface area (Å²) in [4.78, 5) is 21.3. The van der Waals surface area contributed by atoms with E-state index in [4.69, 9.17) is 23.2 Å². The second-order valence-corrected chi connectivity index (χ2v) is 13.5. The van der Waals surface area contributed by atoms with Gasteiger partial charge in [0.15, 0.2) is 11.6 Å². The van der Waals surface area contributed by atoms with Crippen LogP contribution < -0.4 is 14.5 Å². The maximum atomic E-state index is 13.5. The predicted molar refractivity (Wildman–Crippen MR) is 152 cm³/mol. The first-order valence-corrected chi connectivity index (χ1v) is 15.9. The van der Waals surface area contributed by atoms with E-state index < -0.39 is 23.9 Å². The summed E-state index contributed by atoms with van der Waals surface area (Å²) in [6, 6.07) is 12.2. The fraction of sp³-hybridized carbons (Fsp3) is 0.250. The summed E-state index contributed by atoms with van der Waals surface area (Å²) in [6.07, 6.45) is 0.720. The van der Waals surface area contributed by atoms with Crippen molar-refractivity contribution in [3.05, 3.63) is 70.3 Å². The van der Waals surface area contributed by atoms with Crippen LogP contribution in [0.5, 0.6) is 0 Å². The molecule has 1 saturated heterocycles. The monoisotopic (exact) mass is 610 g/mol. The van der Waals surface area contributed by atoms with E-state index in [-0.39, 0.29) is 20.6 Å². The maximum absolute atomic E-state index is 13.5. The van der Waals surface area contributed by atoms with Crippen molar-refractivity contribution in [3.63, 3.8) is 0 Å². The van der Waals surface area contributed by atoms with Gasteiger partial charge in [-0.1, -0.05) is 23.2 Å². The van der Waals surface area contributed by atoms with Gasteiger partial charge in [-0.15, -0.1) is 10.2 Å². The van der Waals surface area contributed by atoms with E-state index in [2.05, 4.69) is 20.4 Å². The minimum absolute atomic E-state index is 0.0662. The van der Waals surface area contributed by atoms with Crippen molar-refractivity contribution in [2.24, 2.45) is 0 Å². The standard InChI is InChI=1S/C24H25Cl2N6O5PS/c1-16-10-23(30-8-5-27-6-9-30)28-29-24(16)31-7-4-17-11-20(2-3-22(17)31)32(15-38(33,34)35)39(36,37)21-13-18(25)12-19(26)14-21/h2-4,7,10-14,27H,5-6,8-9,15H2,1H3,(H2,33,34,35). The molecular formula is C24H25Cl2N6O5PS. The number of hydrogen-bond acceptors (Lipinski definition) is 7. The Hall–Kier alpha value is -2.70. The molecular weight excluding hydrogens is 586 g/mol. The largest absolute Gasteiger partial charge is 0.353 e. The molecule has 0 bridgehead atoms. The summed E-state index contributed by atoms with van der Waals surface area (Å²) >= 11 is 12.0. The van der Waals surface area contributed by atoms with Crippen LogP contribution in [0.15, 0.2) is 59.6 Å². The van der Waals surface area contributed by atoms with Crippen LogP contribution >= 0.6 is 30.8 Å². The molecule has 1 fully saturated rings. The van der Waals surface area contributed by atoms with Gasteiger partial charge in [0, 0.05) is 47.8 Å². The van der Waals surface area contributed by atoms with Crippen molar-refractivity contribution in [1.29, 1.82) is 0 Å². The smallest absolute Gasteiger partial charge is 0.345 e. The van der Waals surface area contributed by atoms with Gasteiger partial charge in [0.2, 0.25) is 0 Å². The van der Waals surface area contributed by atoms with Crippen molar-refractivity contribution >= 4 is 63.2 Å². The fourth-order valence-electron chi connectivity index (χ4n) is 4.49. The van der Waals surface area contributed by atoms with E-state index >= 15 is 0 Å². The van der Waals surface area contributed by atoms with Crippen LogP contribution in [0, 0.1) is 6.92 Å². The summed E-state index contributed by atoms with van der Waals surface area (Å²) in [6.45, 7) is 5.40. The number of aryl methyl sites for hydroxylation is 1. The molecule has 11 nitrogen and oxygen atoms in total. The van der Waals surface area contributed by atoms with Crippen molar-refractivity contribution < 1.29 is 22.8 Å².